The Kier molecular flexibility index (Phi) is 2.97. The maximum Gasteiger partial charge on any atom is 0.278 e. The Bertz CT molecular complexity index is 566. The smallest absolute Gasteiger partial charge is 0.278 e. The van der Waals surface area contributed by atoms with E-state index in [1.54, 1.807) is 18.2 Å². The molecule has 0 aliphatic carbocycles. The summed E-state index contributed by atoms with van der Waals surface area (Å²) in [6.07, 6.45) is 0. The third-order valence-corrected chi connectivity index (χ3v) is 2.66. The summed E-state index contributed by atoms with van der Waals surface area (Å²) in [6.45, 7) is 0. The van der Waals surface area contributed by atoms with Gasteiger partial charge in [0, 0.05) is 6.07 Å². The SMILES string of the molecule is O=[N+]([O-])c1cccc(Cl)c1-c1ccc(O)cc1. The van der Waals surface area contributed by atoms with E-state index in [0.29, 0.717) is 16.1 Å². The van der Waals surface area contributed by atoms with E-state index in [2.05, 4.69) is 0 Å². The van der Waals surface area contributed by atoms with Crippen molar-refractivity contribution in [3.05, 3.63) is 57.6 Å². The van der Waals surface area contributed by atoms with Gasteiger partial charge < -0.3 is 5.11 Å². The lowest BCUT2D eigenvalue weighted by atomic mass is 10.0. The summed E-state index contributed by atoms with van der Waals surface area (Å²) < 4.78 is 0. The lowest BCUT2D eigenvalue weighted by Crippen LogP contribution is -1.92. The van der Waals surface area contributed by atoms with Crippen LogP contribution in [0.25, 0.3) is 11.1 Å². The van der Waals surface area contributed by atoms with E-state index < -0.39 is 4.92 Å². The van der Waals surface area contributed by atoms with E-state index >= 15 is 0 Å². The van der Waals surface area contributed by atoms with Crippen LogP contribution in [0.3, 0.4) is 0 Å². The van der Waals surface area contributed by atoms with Crippen LogP contribution >= 0.6 is 11.6 Å². The fourth-order valence-corrected chi connectivity index (χ4v) is 1.86. The summed E-state index contributed by atoms with van der Waals surface area (Å²) in [4.78, 5) is 10.4. The summed E-state index contributed by atoms with van der Waals surface area (Å²) in [7, 11) is 0. The van der Waals surface area contributed by atoms with Gasteiger partial charge in [0.15, 0.2) is 0 Å². The highest BCUT2D eigenvalue weighted by molar-refractivity contribution is 6.33. The minimum absolute atomic E-state index is 0.0526. The quantitative estimate of drug-likeness (QED) is 0.653. The van der Waals surface area contributed by atoms with E-state index in [-0.39, 0.29) is 11.4 Å². The van der Waals surface area contributed by atoms with Gasteiger partial charge in [-0.15, -0.1) is 0 Å². The first kappa shape index (κ1) is 11.4. The Balaban J connectivity index is 2.65. The van der Waals surface area contributed by atoms with Gasteiger partial charge in [-0.2, -0.15) is 0 Å². The van der Waals surface area contributed by atoms with Crippen LogP contribution in [0.4, 0.5) is 5.69 Å². The lowest BCUT2D eigenvalue weighted by molar-refractivity contribution is -0.384. The van der Waals surface area contributed by atoms with E-state index in [4.69, 9.17) is 11.6 Å². The van der Waals surface area contributed by atoms with Gasteiger partial charge in [0.05, 0.1) is 15.5 Å². The Labute approximate surface area is 102 Å². The molecule has 0 aromatic heterocycles. The van der Waals surface area contributed by atoms with Crippen molar-refractivity contribution in [1.82, 2.24) is 0 Å². The number of phenols is 1. The fourth-order valence-electron chi connectivity index (χ4n) is 1.58. The van der Waals surface area contributed by atoms with Gasteiger partial charge in [0.25, 0.3) is 5.69 Å². The van der Waals surface area contributed by atoms with Crippen molar-refractivity contribution in [3.63, 3.8) is 0 Å². The minimum atomic E-state index is -0.478. The molecular weight excluding hydrogens is 242 g/mol. The Hall–Kier alpha value is -2.07. The van der Waals surface area contributed by atoms with Crippen molar-refractivity contribution in [2.24, 2.45) is 0 Å². The largest absolute Gasteiger partial charge is 0.508 e. The number of nitro groups is 1. The van der Waals surface area contributed by atoms with Crippen LogP contribution in [-0.2, 0) is 0 Å². The number of rotatable bonds is 2. The average molecular weight is 250 g/mol. The predicted octanol–water partition coefficient (Wildman–Crippen LogP) is 3.62. The van der Waals surface area contributed by atoms with Gasteiger partial charge in [-0.1, -0.05) is 29.8 Å². The number of nitrogens with zero attached hydrogens (tertiary/aromatic N) is 1. The molecular formula is C12H8ClNO3. The minimum Gasteiger partial charge on any atom is -0.508 e. The first-order valence-electron chi connectivity index (χ1n) is 4.82. The lowest BCUT2D eigenvalue weighted by Gasteiger charge is -2.05. The van der Waals surface area contributed by atoms with E-state index in [9.17, 15) is 15.2 Å². The van der Waals surface area contributed by atoms with E-state index in [0.717, 1.165) is 0 Å². The molecule has 0 unspecified atom stereocenters. The van der Waals surface area contributed by atoms with Crippen LogP contribution in [0.1, 0.15) is 0 Å². The molecule has 2 aromatic carbocycles. The Morgan fingerprint density at radius 2 is 1.76 bits per heavy atom. The number of nitro benzene ring substituents is 1. The molecule has 4 nitrogen and oxygen atoms in total. The molecule has 1 N–H and O–H groups in total. The van der Waals surface area contributed by atoms with Crippen LogP contribution in [0.2, 0.25) is 5.02 Å². The maximum atomic E-state index is 10.9. The summed E-state index contributed by atoms with van der Waals surface area (Å²) in [5, 5.41) is 20.4. The van der Waals surface area contributed by atoms with Crippen LogP contribution < -0.4 is 0 Å². The number of hydrogen-bond acceptors (Lipinski definition) is 3. The molecule has 0 fully saturated rings. The number of halogens is 1. The normalized spacial score (nSPS) is 10.2. The third-order valence-electron chi connectivity index (χ3n) is 2.34. The van der Waals surface area contributed by atoms with Crippen molar-refractivity contribution in [3.8, 4) is 16.9 Å². The molecule has 0 atom stereocenters. The summed E-state index contributed by atoms with van der Waals surface area (Å²) in [6, 6.07) is 10.6. The molecule has 2 rings (SSSR count). The first-order valence-corrected chi connectivity index (χ1v) is 5.19. The first-order chi connectivity index (χ1) is 8.09. The van der Waals surface area contributed by atoms with Gasteiger partial charge in [-0.3, -0.25) is 10.1 Å². The van der Waals surface area contributed by atoms with Crippen molar-refractivity contribution in [2.45, 2.75) is 0 Å². The zero-order valence-corrected chi connectivity index (χ0v) is 9.39. The molecule has 5 heteroatoms. The molecule has 0 aliphatic heterocycles. The van der Waals surface area contributed by atoms with Crippen LogP contribution in [0, 0.1) is 10.1 Å². The Morgan fingerprint density at radius 1 is 1.12 bits per heavy atom. The van der Waals surface area contributed by atoms with Crippen molar-refractivity contribution in [2.75, 3.05) is 0 Å². The predicted molar refractivity (Wildman–Crippen MR) is 65.2 cm³/mol. The topological polar surface area (TPSA) is 63.4 Å². The van der Waals surface area contributed by atoms with Gasteiger partial charge in [-0.05, 0) is 23.8 Å². The average Bonchev–Trinajstić information content (AvgIpc) is 2.30. The highest BCUT2D eigenvalue weighted by Gasteiger charge is 2.17. The molecule has 0 bridgehead atoms. The standard InChI is InChI=1S/C12H8ClNO3/c13-10-2-1-3-11(14(16)17)12(10)8-4-6-9(15)7-5-8/h1-7,15H. The van der Waals surface area contributed by atoms with Gasteiger partial charge in [0.2, 0.25) is 0 Å². The molecule has 0 amide bonds. The fraction of sp³-hybridized carbons (Fsp3) is 0. The molecule has 0 radical (unpaired) electrons. The van der Waals surface area contributed by atoms with Gasteiger partial charge in [-0.25, -0.2) is 0 Å². The second-order valence-corrected chi connectivity index (χ2v) is 3.85. The molecule has 86 valence electrons. The van der Waals surface area contributed by atoms with Gasteiger partial charge >= 0.3 is 0 Å². The van der Waals surface area contributed by atoms with Gasteiger partial charge in [0.1, 0.15) is 5.75 Å². The van der Waals surface area contributed by atoms with Crippen LogP contribution in [0.5, 0.6) is 5.75 Å². The molecule has 0 aliphatic rings. The second kappa shape index (κ2) is 4.43. The zero-order chi connectivity index (χ0) is 12.4. The summed E-state index contributed by atoms with van der Waals surface area (Å²) in [5.41, 5.74) is 0.905. The zero-order valence-electron chi connectivity index (χ0n) is 8.63. The number of phenolic OH excluding ortho intramolecular Hbond substituents is 1. The number of benzene rings is 2. The monoisotopic (exact) mass is 249 g/mol. The summed E-state index contributed by atoms with van der Waals surface area (Å²) in [5.74, 6) is 0.100. The third kappa shape index (κ3) is 2.21. The highest BCUT2D eigenvalue weighted by atomic mass is 35.5. The molecule has 0 saturated carbocycles. The molecule has 0 saturated heterocycles. The van der Waals surface area contributed by atoms with E-state index in [1.807, 2.05) is 0 Å². The van der Waals surface area contributed by atoms with Crippen molar-refractivity contribution < 1.29 is 10.0 Å². The van der Waals surface area contributed by atoms with Crippen molar-refractivity contribution in [1.29, 1.82) is 0 Å². The second-order valence-electron chi connectivity index (χ2n) is 3.44. The van der Waals surface area contributed by atoms with E-state index in [1.165, 1.54) is 24.3 Å². The maximum absolute atomic E-state index is 10.9. The molecule has 0 spiro atoms. The Morgan fingerprint density at radius 3 is 2.35 bits per heavy atom. The number of aromatic hydroxyl groups is 1. The molecule has 2 aromatic rings. The van der Waals surface area contributed by atoms with Crippen LogP contribution in [-0.4, -0.2) is 10.0 Å². The highest BCUT2D eigenvalue weighted by Crippen LogP contribution is 2.36. The molecule has 0 heterocycles. The summed E-state index contributed by atoms with van der Waals surface area (Å²) >= 11 is 5.98. The van der Waals surface area contributed by atoms with Crippen LogP contribution in [0.15, 0.2) is 42.5 Å². The van der Waals surface area contributed by atoms with Crippen molar-refractivity contribution >= 4 is 17.3 Å². The number of hydrogen-bond donors (Lipinski definition) is 1. The molecule has 17 heavy (non-hydrogen) atoms.